The summed E-state index contributed by atoms with van der Waals surface area (Å²) in [6, 6.07) is 11.4. The lowest BCUT2D eigenvalue weighted by molar-refractivity contribution is 0.0922. The van der Waals surface area contributed by atoms with Crippen LogP contribution in [0.3, 0.4) is 0 Å². The van der Waals surface area contributed by atoms with Gasteiger partial charge in [0.15, 0.2) is 0 Å². The first-order chi connectivity index (χ1) is 11.2. The average Bonchev–Trinajstić information content (AvgIpc) is 2.56. The Bertz CT molecular complexity index is 666. The van der Waals surface area contributed by atoms with E-state index in [1.807, 2.05) is 30.3 Å². The molecule has 23 heavy (non-hydrogen) atoms. The number of pyridine rings is 1. The molecule has 4 nitrogen and oxygen atoms in total. The van der Waals surface area contributed by atoms with Crippen molar-refractivity contribution in [2.24, 2.45) is 0 Å². The number of benzene rings is 1. The molecular weight excluding hydrogens is 310 g/mol. The molecule has 0 atom stereocenters. The number of amides is 1. The number of hydrogen-bond acceptors (Lipinski definition) is 3. The monoisotopic (exact) mass is 329 g/mol. The summed E-state index contributed by atoms with van der Waals surface area (Å²) in [5.74, 6) is -0.0915. The van der Waals surface area contributed by atoms with Crippen LogP contribution in [-0.2, 0) is 0 Å². The molecule has 0 aliphatic heterocycles. The summed E-state index contributed by atoms with van der Waals surface area (Å²) >= 11 is 5.96. The van der Waals surface area contributed by atoms with E-state index in [1.165, 1.54) is 19.3 Å². The zero-order valence-corrected chi connectivity index (χ0v) is 13.6. The molecule has 1 aliphatic carbocycles. The molecule has 1 aromatic heterocycles. The summed E-state index contributed by atoms with van der Waals surface area (Å²) in [5, 5.41) is 6.96. The van der Waals surface area contributed by atoms with Gasteiger partial charge in [0.05, 0.1) is 11.9 Å². The Hall–Kier alpha value is -2.07. The van der Waals surface area contributed by atoms with Gasteiger partial charge in [-0.1, -0.05) is 36.9 Å². The van der Waals surface area contributed by atoms with Crippen LogP contribution in [0.15, 0.2) is 42.6 Å². The fraction of sp³-hybridized carbons (Fsp3) is 0.333. The van der Waals surface area contributed by atoms with Crippen molar-refractivity contribution in [3.05, 3.63) is 53.3 Å². The van der Waals surface area contributed by atoms with Crippen LogP contribution in [0.2, 0.25) is 5.02 Å². The molecule has 1 saturated carbocycles. The molecule has 3 rings (SSSR count). The second-order valence-electron chi connectivity index (χ2n) is 5.88. The van der Waals surface area contributed by atoms with Gasteiger partial charge in [-0.05, 0) is 43.2 Å². The molecule has 120 valence electrons. The van der Waals surface area contributed by atoms with Gasteiger partial charge in [0.1, 0.15) is 5.69 Å². The van der Waals surface area contributed by atoms with Gasteiger partial charge in [-0.25, -0.2) is 4.98 Å². The maximum absolute atomic E-state index is 12.2. The molecule has 1 fully saturated rings. The maximum atomic E-state index is 12.2. The van der Waals surface area contributed by atoms with Crippen LogP contribution in [0.1, 0.15) is 42.6 Å². The van der Waals surface area contributed by atoms with Crippen molar-refractivity contribution < 1.29 is 4.79 Å². The highest BCUT2D eigenvalue weighted by Gasteiger charge is 2.17. The Labute approximate surface area is 141 Å². The lowest BCUT2D eigenvalue weighted by atomic mass is 9.95. The lowest BCUT2D eigenvalue weighted by Gasteiger charge is -2.22. The molecule has 0 saturated heterocycles. The van der Waals surface area contributed by atoms with Crippen molar-refractivity contribution in [1.82, 2.24) is 10.3 Å². The van der Waals surface area contributed by atoms with E-state index in [-0.39, 0.29) is 5.91 Å². The summed E-state index contributed by atoms with van der Waals surface area (Å²) in [4.78, 5) is 16.5. The van der Waals surface area contributed by atoms with Gasteiger partial charge in [-0.2, -0.15) is 0 Å². The summed E-state index contributed by atoms with van der Waals surface area (Å²) in [5.41, 5.74) is 2.16. The van der Waals surface area contributed by atoms with Gasteiger partial charge in [0.2, 0.25) is 0 Å². The first-order valence-corrected chi connectivity index (χ1v) is 8.38. The SMILES string of the molecule is O=C(NC1CCCCC1)c1ccc(Nc2cccc(Cl)c2)cn1. The zero-order chi connectivity index (χ0) is 16.1. The third-order valence-corrected chi connectivity index (χ3v) is 4.28. The number of rotatable bonds is 4. The average molecular weight is 330 g/mol. The molecule has 1 aromatic carbocycles. The standard InChI is InChI=1S/C18H20ClN3O/c19-13-5-4-8-15(11-13)21-16-9-10-17(20-12-16)18(23)22-14-6-2-1-3-7-14/h4-5,8-12,14,21H,1-3,6-7H2,(H,22,23). The van der Waals surface area contributed by atoms with Crippen LogP contribution in [0.5, 0.6) is 0 Å². The number of hydrogen-bond donors (Lipinski definition) is 2. The number of anilines is 2. The highest BCUT2D eigenvalue weighted by molar-refractivity contribution is 6.30. The molecule has 0 radical (unpaired) electrons. The van der Waals surface area contributed by atoms with E-state index in [0.29, 0.717) is 16.8 Å². The zero-order valence-electron chi connectivity index (χ0n) is 12.9. The van der Waals surface area contributed by atoms with Crippen molar-refractivity contribution in [2.75, 3.05) is 5.32 Å². The molecule has 1 aliphatic rings. The molecule has 2 N–H and O–H groups in total. The predicted octanol–water partition coefficient (Wildman–Crippen LogP) is 4.54. The van der Waals surface area contributed by atoms with E-state index < -0.39 is 0 Å². The third-order valence-electron chi connectivity index (χ3n) is 4.05. The minimum Gasteiger partial charge on any atom is -0.354 e. The number of carbonyl (C=O) groups is 1. The minimum atomic E-state index is -0.0915. The highest BCUT2D eigenvalue weighted by atomic mass is 35.5. The van der Waals surface area contributed by atoms with Gasteiger partial charge < -0.3 is 10.6 Å². The molecule has 0 spiro atoms. The number of carbonyl (C=O) groups excluding carboxylic acids is 1. The van der Waals surface area contributed by atoms with Crippen molar-refractivity contribution >= 4 is 28.9 Å². The van der Waals surface area contributed by atoms with Gasteiger partial charge in [0, 0.05) is 16.8 Å². The van der Waals surface area contributed by atoms with E-state index in [9.17, 15) is 4.79 Å². The van der Waals surface area contributed by atoms with E-state index >= 15 is 0 Å². The smallest absolute Gasteiger partial charge is 0.270 e. The van der Waals surface area contributed by atoms with Crippen LogP contribution < -0.4 is 10.6 Å². The summed E-state index contributed by atoms with van der Waals surface area (Å²) < 4.78 is 0. The van der Waals surface area contributed by atoms with E-state index in [4.69, 9.17) is 11.6 Å². The Balaban J connectivity index is 1.61. The third kappa shape index (κ3) is 4.45. The Morgan fingerprint density at radius 1 is 1.09 bits per heavy atom. The molecule has 5 heteroatoms. The van der Waals surface area contributed by atoms with Crippen molar-refractivity contribution in [2.45, 2.75) is 38.1 Å². The second-order valence-corrected chi connectivity index (χ2v) is 6.31. The van der Waals surface area contributed by atoms with Crippen molar-refractivity contribution in [1.29, 1.82) is 0 Å². The molecule has 0 unspecified atom stereocenters. The molecular formula is C18H20ClN3O. The van der Waals surface area contributed by atoms with Crippen LogP contribution in [0.25, 0.3) is 0 Å². The Kier molecular flexibility index (Phi) is 5.13. The predicted molar refractivity (Wildman–Crippen MR) is 93.3 cm³/mol. The molecule has 1 amide bonds. The van der Waals surface area contributed by atoms with E-state index in [2.05, 4.69) is 15.6 Å². The second kappa shape index (κ2) is 7.47. The van der Waals surface area contributed by atoms with Gasteiger partial charge in [0.25, 0.3) is 5.91 Å². The van der Waals surface area contributed by atoms with Crippen LogP contribution in [-0.4, -0.2) is 16.9 Å². The molecule has 0 bridgehead atoms. The molecule has 2 aromatic rings. The van der Waals surface area contributed by atoms with Gasteiger partial charge in [-0.3, -0.25) is 4.79 Å². The van der Waals surface area contributed by atoms with E-state index in [0.717, 1.165) is 24.2 Å². The van der Waals surface area contributed by atoms with Crippen LogP contribution in [0, 0.1) is 0 Å². The largest absolute Gasteiger partial charge is 0.354 e. The lowest BCUT2D eigenvalue weighted by Crippen LogP contribution is -2.36. The summed E-state index contributed by atoms with van der Waals surface area (Å²) in [7, 11) is 0. The molecule has 1 heterocycles. The van der Waals surface area contributed by atoms with Crippen LogP contribution >= 0.6 is 11.6 Å². The number of halogens is 1. The normalized spacial score (nSPS) is 15.2. The summed E-state index contributed by atoms with van der Waals surface area (Å²) in [6.45, 7) is 0. The summed E-state index contributed by atoms with van der Waals surface area (Å²) in [6.07, 6.45) is 7.47. The minimum absolute atomic E-state index is 0.0915. The van der Waals surface area contributed by atoms with Gasteiger partial charge in [-0.15, -0.1) is 0 Å². The Morgan fingerprint density at radius 2 is 1.91 bits per heavy atom. The van der Waals surface area contributed by atoms with E-state index in [1.54, 1.807) is 12.3 Å². The van der Waals surface area contributed by atoms with Crippen molar-refractivity contribution in [3.8, 4) is 0 Å². The fourth-order valence-corrected chi connectivity index (χ4v) is 3.03. The fourth-order valence-electron chi connectivity index (χ4n) is 2.84. The van der Waals surface area contributed by atoms with Crippen LogP contribution in [0.4, 0.5) is 11.4 Å². The maximum Gasteiger partial charge on any atom is 0.270 e. The Morgan fingerprint density at radius 3 is 2.61 bits per heavy atom. The first kappa shape index (κ1) is 15.8. The number of nitrogens with one attached hydrogen (secondary N) is 2. The first-order valence-electron chi connectivity index (χ1n) is 8.00. The number of aromatic nitrogens is 1. The van der Waals surface area contributed by atoms with Gasteiger partial charge >= 0.3 is 0 Å². The highest BCUT2D eigenvalue weighted by Crippen LogP contribution is 2.20. The number of nitrogens with zero attached hydrogens (tertiary/aromatic N) is 1. The van der Waals surface area contributed by atoms with Crippen molar-refractivity contribution in [3.63, 3.8) is 0 Å². The topological polar surface area (TPSA) is 54.0 Å². The quantitative estimate of drug-likeness (QED) is 0.865.